The molecule has 0 aliphatic carbocycles. The summed E-state index contributed by atoms with van der Waals surface area (Å²) < 4.78 is 6.60. The van der Waals surface area contributed by atoms with E-state index >= 15 is 0 Å². The normalized spacial score (nSPS) is 16.0. The molecular formula is C22H20BrClN2O4S. The molecule has 3 rings (SSSR count). The van der Waals surface area contributed by atoms with E-state index in [9.17, 15) is 14.4 Å². The first-order valence-electron chi connectivity index (χ1n) is 9.54. The summed E-state index contributed by atoms with van der Waals surface area (Å²) in [7, 11) is 0. The zero-order chi connectivity index (χ0) is 22.5. The van der Waals surface area contributed by atoms with Gasteiger partial charge in [-0.25, -0.2) is 0 Å². The lowest BCUT2D eigenvalue weighted by Crippen LogP contribution is -2.36. The maximum atomic E-state index is 12.8. The van der Waals surface area contributed by atoms with Gasteiger partial charge in [0.05, 0.1) is 16.0 Å². The van der Waals surface area contributed by atoms with Crippen molar-refractivity contribution in [3.8, 4) is 5.75 Å². The Bertz CT molecular complexity index is 1060. The van der Waals surface area contributed by atoms with E-state index in [1.165, 1.54) is 0 Å². The number of thioether (sulfide) groups is 1. The first kappa shape index (κ1) is 23.4. The third kappa shape index (κ3) is 5.90. The summed E-state index contributed by atoms with van der Waals surface area (Å²) >= 11 is 10.1. The van der Waals surface area contributed by atoms with E-state index in [1.807, 2.05) is 38.1 Å². The molecule has 1 N–H and O–H groups in total. The number of halogens is 2. The smallest absolute Gasteiger partial charge is 0.294 e. The second-order valence-corrected chi connectivity index (χ2v) is 9.07. The topological polar surface area (TPSA) is 75.7 Å². The molecule has 2 aromatic rings. The van der Waals surface area contributed by atoms with Crippen molar-refractivity contribution < 1.29 is 19.1 Å². The number of nitrogens with one attached hydrogen (secondary N) is 1. The molecule has 3 amide bonds. The van der Waals surface area contributed by atoms with E-state index in [0.717, 1.165) is 23.1 Å². The number of carbonyl (C=O) groups excluding carboxylic acids is 3. The second kappa shape index (κ2) is 10.3. The van der Waals surface area contributed by atoms with Gasteiger partial charge in [-0.1, -0.05) is 36.7 Å². The van der Waals surface area contributed by atoms with E-state index in [0.29, 0.717) is 26.5 Å². The summed E-state index contributed by atoms with van der Waals surface area (Å²) in [6.45, 7) is 3.59. The molecule has 0 saturated carbocycles. The quantitative estimate of drug-likeness (QED) is 0.454. The average Bonchev–Trinajstić information content (AvgIpc) is 2.99. The van der Waals surface area contributed by atoms with Gasteiger partial charge in [0.1, 0.15) is 12.3 Å². The molecule has 0 bridgehead atoms. The predicted molar refractivity (Wildman–Crippen MR) is 127 cm³/mol. The Labute approximate surface area is 198 Å². The highest BCUT2D eigenvalue weighted by Crippen LogP contribution is 2.34. The van der Waals surface area contributed by atoms with Crippen LogP contribution in [-0.2, 0) is 9.59 Å². The first-order valence-corrected chi connectivity index (χ1v) is 11.5. The predicted octanol–water partition coefficient (Wildman–Crippen LogP) is 5.95. The van der Waals surface area contributed by atoms with E-state index < -0.39 is 17.1 Å². The zero-order valence-electron chi connectivity index (χ0n) is 16.9. The van der Waals surface area contributed by atoms with E-state index in [1.54, 1.807) is 24.3 Å². The standard InChI is InChI=1S/C22H20BrClN2O4S/c1-3-13(2)30-18-7-5-4-6-14(18)10-19-21(28)26(22(29)31-19)12-20(27)25-15-8-9-16(23)17(24)11-15/h4-11,13H,3,12H2,1-2H3,(H,25,27)/b19-10+/t13-/m0/s1. The van der Waals surface area contributed by atoms with Crippen LogP contribution < -0.4 is 10.1 Å². The summed E-state index contributed by atoms with van der Waals surface area (Å²) in [5.74, 6) is -0.381. The molecule has 0 spiro atoms. The molecule has 0 aromatic heterocycles. The Hall–Kier alpha value is -2.29. The molecule has 1 saturated heterocycles. The summed E-state index contributed by atoms with van der Waals surface area (Å²) in [6.07, 6.45) is 2.47. The van der Waals surface area contributed by atoms with Crippen LogP contribution in [0.25, 0.3) is 6.08 Å². The van der Waals surface area contributed by atoms with Crippen molar-refractivity contribution >= 4 is 68.1 Å². The van der Waals surface area contributed by atoms with Crippen molar-refractivity contribution in [1.82, 2.24) is 4.90 Å². The van der Waals surface area contributed by atoms with Crippen molar-refractivity contribution in [2.45, 2.75) is 26.4 Å². The fourth-order valence-electron chi connectivity index (χ4n) is 2.70. The molecule has 162 valence electrons. The largest absolute Gasteiger partial charge is 0.490 e. The number of nitrogens with zero attached hydrogens (tertiary/aromatic N) is 1. The van der Waals surface area contributed by atoms with Crippen LogP contribution in [0.2, 0.25) is 5.02 Å². The number of benzene rings is 2. The summed E-state index contributed by atoms with van der Waals surface area (Å²) in [4.78, 5) is 38.7. The molecular weight excluding hydrogens is 504 g/mol. The van der Waals surface area contributed by atoms with Crippen molar-refractivity contribution in [1.29, 1.82) is 0 Å². The molecule has 0 unspecified atom stereocenters. The minimum absolute atomic E-state index is 0.0143. The van der Waals surface area contributed by atoms with Gasteiger partial charge in [-0.15, -0.1) is 0 Å². The van der Waals surface area contributed by atoms with Crippen LogP contribution in [0, 0.1) is 0 Å². The van der Waals surface area contributed by atoms with Gasteiger partial charge in [-0.2, -0.15) is 0 Å². The number of para-hydroxylation sites is 1. The van der Waals surface area contributed by atoms with Gasteiger partial charge in [-0.3, -0.25) is 19.3 Å². The fourth-order valence-corrected chi connectivity index (χ4v) is 3.96. The summed E-state index contributed by atoms with van der Waals surface area (Å²) in [5.41, 5.74) is 1.17. The maximum absolute atomic E-state index is 12.8. The number of rotatable bonds is 7. The van der Waals surface area contributed by atoms with Gasteiger partial charge in [0.15, 0.2) is 0 Å². The van der Waals surface area contributed by atoms with Crippen molar-refractivity contribution in [2.75, 3.05) is 11.9 Å². The Balaban J connectivity index is 1.72. The lowest BCUT2D eigenvalue weighted by atomic mass is 10.1. The van der Waals surface area contributed by atoms with E-state index in [-0.39, 0.29) is 17.6 Å². The van der Waals surface area contributed by atoms with Crippen LogP contribution in [0.4, 0.5) is 10.5 Å². The van der Waals surface area contributed by atoms with E-state index in [2.05, 4.69) is 21.2 Å². The Kier molecular flexibility index (Phi) is 7.80. The number of carbonyl (C=O) groups is 3. The Morgan fingerprint density at radius 1 is 1.29 bits per heavy atom. The van der Waals surface area contributed by atoms with Gasteiger partial charge in [0.25, 0.3) is 11.1 Å². The minimum Gasteiger partial charge on any atom is -0.490 e. The maximum Gasteiger partial charge on any atom is 0.294 e. The lowest BCUT2D eigenvalue weighted by Gasteiger charge is -2.15. The number of anilines is 1. The van der Waals surface area contributed by atoms with Crippen LogP contribution in [0.3, 0.4) is 0 Å². The van der Waals surface area contributed by atoms with Crippen LogP contribution in [0.15, 0.2) is 51.8 Å². The molecule has 1 fully saturated rings. The molecule has 31 heavy (non-hydrogen) atoms. The number of hydrogen-bond donors (Lipinski definition) is 1. The number of ether oxygens (including phenoxy) is 1. The number of amides is 3. The molecule has 1 atom stereocenters. The van der Waals surface area contributed by atoms with Crippen LogP contribution in [0.1, 0.15) is 25.8 Å². The van der Waals surface area contributed by atoms with Gasteiger partial charge in [0.2, 0.25) is 5.91 Å². The van der Waals surface area contributed by atoms with Crippen LogP contribution in [0.5, 0.6) is 5.75 Å². The summed E-state index contributed by atoms with van der Waals surface area (Å²) in [6, 6.07) is 12.2. The Morgan fingerprint density at radius 2 is 2.03 bits per heavy atom. The Morgan fingerprint density at radius 3 is 2.74 bits per heavy atom. The number of hydrogen-bond acceptors (Lipinski definition) is 5. The molecule has 2 aromatic carbocycles. The fraction of sp³-hybridized carbons (Fsp3) is 0.227. The molecule has 1 aliphatic heterocycles. The van der Waals surface area contributed by atoms with Gasteiger partial charge < -0.3 is 10.1 Å². The SMILES string of the molecule is CC[C@H](C)Oc1ccccc1/C=C1/SC(=O)N(CC(=O)Nc2ccc(Br)c(Cl)c2)C1=O. The van der Waals surface area contributed by atoms with Gasteiger partial charge in [0, 0.05) is 15.7 Å². The molecule has 1 heterocycles. The van der Waals surface area contributed by atoms with Crippen molar-refractivity contribution in [3.05, 3.63) is 62.4 Å². The highest BCUT2D eigenvalue weighted by atomic mass is 79.9. The summed E-state index contributed by atoms with van der Waals surface area (Å²) in [5, 5.41) is 2.58. The average molecular weight is 524 g/mol. The third-order valence-electron chi connectivity index (χ3n) is 4.49. The highest BCUT2D eigenvalue weighted by Gasteiger charge is 2.36. The zero-order valence-corrected chi connectivity index (χ0v) is 20.0. The van der Waals surface area contributed by atoms with Crippen LogP contribution >= 0.6 is 39.3 Å². The van der Waals surface area contributed by atoms with Gasteiger partial charge >= 0.3 is 0 Å². The molecule has 1 aliphatic rings. The van der Waals surface area contributed by atoms with Crippen LogP contribution in [-0.4, -0.2) is 34.6 Å². The molecule has 9 heteroatoms. The molecule has 6 nitrogen and oxygen atoms in total. The lowest BCUT2D eigenvalue weighted by molar-refractivity contribution is -0.127. The third-order valence-corrected chi connectivity index (χ3v) is 6.63. The first-order chi connectivity index (χ1) is 14.8. The van der Waals surface area contributed by atoms with Crippen molar-refractivity contribution in [2.24, 2.45) is 0 Å². The minimum atomic E-state index is -0.516. The second-order valence-electron chi connectivity index (χ2n) is 6.82. The van der Waals surface area contributed by atoms with Crippen molar-refractivity contribution in [3.63, 3.8) is 0 Å². The van der Waals surface area contributed by atoms with E-state index in [4.69, 9.17) is 16.3 Å². The monoisotopic (exact) mass is 522 g/mol. The highest BCUT2D eigenvalue weighted by molar-refractivity contribution is 9.10. The number of imide groups is 1. The van der Waals surface area contributed by atoms with Gasteiger partial charge in [-0.05, 0) is 71.4 Å². The molecule has 0 radical (unpaired) electrons.